The number of morpholine rings is 1. The minimum absolute atomic E-state index is 0.0429. The molecule has 2 aliphatic heterocycles. The Labute approximate surface area is 242 Å². The van der Waals surface area contributed by atoms with Crippen molar-refractivity contribution in [2.75, 3.05) is 40.0 Å². The Balaban J connectivity index is 1.38. The van der Waals surface area contributed by atoms with Gasteiger partial charge in [-0.15, -0.1) is 0 Å². The monoisotopic (exact) mass is 560 g/mol. The smallest absolute Gasteiger partial charge is 0.274 e. The summed E-state index contributed by atoms with van der Waals surface area (Å²) in [4.78, 5) is 31.6. The summed E-state index contributed by atoms with van der Waals surface area (Å²) in [6, 6.07) is 17.5. The van der Waals surface area contributed by atoms with Gasteiger partial charge in [-0.3, -0.25) is 14.3 Å². The van der Waals surface area contributed by atoms with E-state index in [1.165, 1.54) is 5.56 Å². The van der Waals surface area contributed by atoms with Gasteiger partial charge in [0.25, 0.3) is 11.8 Å². The molecular weight excluding hydrogens is 520 g/mol. The Morgan fingerprint density at radius 1 is 1.05 bits per heavy atom. The van der Waals surface area contributed by atoms with Crippen LogP contribution in [-0.2, 0) is 23.0 Å². The van der Waals surface area contributed by atoms with Crippen LogP contribution in [0.3, 0.4) is 0 Å². The Morgan fingerprint density at radius 2 is 1.83 bits per heavy atom. The normalized spacial score (nSPS) is 20.3. The summed E-state index contributed by atoms with van der Waals surface area (Å²) in [7, 11) is 3.46. The van der Waals surface area contributed by atoms with Gasteiger partial charge in [0.15, 0.2) is 11.3 Å². The van der Waals surface area contributed by atoms with Crippen LogP contribution in [0.25, 0.3) is 11.3 Å². The van der Waals surface area contributed by atoms with E-state index in [4.69, 9.17) is 14.2 Å². The molecule has 2 aromatic carbocycles. The van der Waals surface area contributed by atoms with Crippen LogP contribution in [0.5, 0.6) is 11.5 Å². The molecule has 1 atom stereocenters. The molecule has 0 aliphatic carbocycles. The average molecular weight is 561 g/mol. The first kappa shape index (κ1) is 28.7. The van der Waals surface area contributed by atoms with Gasteiger partial charge in [-0.25, -0.2) is 0 Å². The zero-order valence-corrected chi connectivity index (χ0v) is 24.5. The highest BCUT2D eigenvalue weighted by Gasteiger charge is 2.47. The molecule has 3 aromatic rings. The third-order valence-corrected chi connectivity index (χ3v) is 8.07. The van der Waals surface area contributed by atoms with Crippen molar-refractivity contribution >= 4 is 11.8 Å². The molecule has 0 N–H and O–H groups in total. The average Bonchev–Trinajstić information content (AvgIpc) is 3.38. The zero-order chi connectivity index (χ0) is 29.0. The van der Waals surface area contributed by atoms with Crippen molar-refractivity contribution < 1.29 is 23.8 Å². The maximum Gasteiger partial charge on any atom is 0.274 e. The van der Waals surface area contributed by atoms with Gasteiger partial charge in [0.05, 0.1) is 32.5 Å². The Bertz CT molecular complexity index is 1370. The number of carbonyl (C=O) groups is 2. The molecule has 0 saturated carbocycles. The van der Waals surface area contributed by atoms with Crippen molar-refractivity contribution in [3.63, 3.8) is 0 Å². The lowest BCUT2D eigenvalue weighted by Gasteiger charge is -2.45. The second-order valence-electron chi connectivity index (χ2n) is 11.1. The highest BCUT2D eigenvalue weighted by Crippen LogP contribution is 2.31. The number of para-hydroxylation sites is 1. The number of aromatic nitrogens is 2. The molecule has 2 aliphatic rings. The summed E-state index contributed by atoms with van der Waals surface area (Å²) in [6.45, 7) is 5.73. The molecule has 41 heavy (non-hydrogen) atoms. The Morgan fingerprint density at radius 3 is 2.59 bits per heavy atom. The van der Waals surface area contributed by atoms with E-state index < -0.39 is 5.60 Å². The van der Waals surface area contributed by atoms with Crippen LogP contribution in [0.2, 0.25) is 0 Å². The molecule has 2 amide bonds. The number of amides is 2. The van der Waals surface area contributed by atoms with Crippen LogP contribution < -0.4 is 9.47 Å². The lowest BCUT2D eigenvalue weighted by atomic mass is 9.90. The van der Waals surface area contributed by atoms with Crippen molar-refractivity contribution in [3.8, 4) is 22.8 Å². The van der Waals surface area contributed by atoms with E-state index in [-0.39, 0.29) is 24.4 Å². The van der Waals surface area contributed by atoms with E-state index in [1.807, 2.05) is 74.3 Å². The molecule has 3 heterocycles. The number of nitrogens with zero attached hydrogens (tertiary/aromatic N) is 4. The van der Waals surface area contributed by atoms with Gasteiger partial charge in [-0.1, -0.05) is 18.2 Å². The summed E-state index contributed by atoms with van der Waals surface area (Å²) < 4.78 is 19.5. The fourth-order valence-electron chi connectivity index (χ4n) is 5.80. The Hall–Kier alpha value is -3.85. The molecule has 0 bridgehead atoms. The second kappa shape index (κ2) is 12.3. The number of benzene rings is 2. The van der Waals surface area contributed by atoms with Crippen molar-refractivity contribution in [3.05, 3.63) is 65.9 Å². The summed E-state index contributed by atoms with van der Waals surface area (Å²) in [6.07, 6.45) is 3.08. The molecule has 5 rings (SSSR count). The van der Waals surface area contributed by atoms with Crippen LogP contribution in [0, 0.1) is 0 Å². The van der Waals surface area contributed by atoms with E-state index in [2.05, 4.69) is 11.2 Å². The van der Waals surface area contributed by atoms with Gasteiger partial charge in [0, 0.05) is 25.2 Å². The lowest BCUT2D eigenvalue weighted by molar-refractivity contribution is -0.172. The van der Waals surface area contributed by atoms with Crippen LogP contribution in [-0.4, -0.2) is 83.0 Å². The van der Waals surface area contributed by atoms with E-state index in [0.717, 1.165) is 42.0 Å². The highest BCUT2D eigenvalue weighted by molar-refractivity contribution is 5.95. The first-order valence-corrected chi connectivity index (χ1v) is 14.4. The number of rotatable bonds is 4. The van der Waals surface area contributed by atoms with Gasteiger partial charge in [-0.05, 0) is 81.5 Å². The van der Waals surface area contributed by atoms with Crippen molar-refractivity contribution in [2.24, 2.45) is 7.05 Å². The number of ether oxygens (including phenoxy) is 3. The number of fused-ring (bicyclic) bond motifs is 1. The molecule has 9 nitrogen and oxygen atoms in total. The van der Waals surface area contributed by atoms with Gasteiger partial charge >= 0.3 is 0 Å². The number of carbonyl (C=O) groups excluding carboxylic acids is 2. The van der Waals surface area contributed by atoms with Gasteiger partial charge in [0.2, 0.25) is 0 Å². The van der Waals surface area contributed by atoms with Crippen LogP contribution in [0.4, 0.5) is 0 Å². The fourth-order valence-corrected chi connectivity index (χ4v) is 5.80. The minimum atomic E-state index is -1.11. The number of hydrogen-bond donors (Lipinski definition) is 0. The molecule has 1 saturated heterocycles. The molecular formula is C32H40N4O5. The Kier molecular flexibility index (Phi) is 8.63. The topological polar surface area (TPSA) is 86.1 Å². The van der Waals surface area contributed by atoms with Crippen LogP contribution in [0.15, 0.2) is 54.6 Å². The number of aryl methyl sites for hydroxylation is 2. The largest absolute Gasteiger partial charge is 0.497 e. The van der Waals surface area contributed by atoms with Gasteiger partial charge < -0.3 is 24.0 Å². The summed E-state index contributed by atoms with van der Waals surface area (Å²) in [5.74, 6) is 1.37. The maximum absolute atomic E-state index is 14.2. The molecule has 1 aromatic heterocycles. The summed E-state index contributed by atoms with van der Waals surface area (Å²) in [5.41, 5.74) is 2.18. The third kappa shape index (κ3) is 6.10. The lowest BCUT2D eigenvalue weighted by Crippen LogP contribution is -2.63. The van der Waals surface area contributed by atoms with Crippen LogP contribution in [0.1, 0.15) is 49.2 Å². The van der Waals surface area contributed by atoms with Crippen molar-refractivity contribution in [1.82, 2.24) is 19.6 Å². The highest BCUT2D eigenvalue weighted by atomic mass is 16.5. The first-order valence-electron chi connectivity index (χ1n) is 14.4. The predicted octanol–water partition coefficient (Wildman–Crippen LogP) is 4.35. The number of methoxy groups -OCH3 is 1. The van der Waals surface area contributed by atoms with Gasteiger partial charge in [0.1, 0.15) is 18.1 Å². The molecule has 218 valence electrons. The molecule has 0 radical (unpaired) electrons. The van der Waals surface area contributed by atoms with E-state index in [0.29, 0.717) is 38.4 Å². The van der Waals surface area contributed by atoms with E-state index in [9.17, 15) is 9.59 Å². The quantitative estimate of drug-likeness (QED) is 0.472. The minimum Gasteiger partial charge on any atom is -0.497 e. The standard InChI is InChI=1S/C32H40N4O5/c1-23(2)36-18-19-40-29-11-6-5-9-25(29)10-7-8-16-32(31(36)38)22-35(17-20-41-32)30(37)27-21-28(34(3)33-27)24-12-14-26(39-4)15-13-24/h5-6,9,11-15,21,23H,7-8,10,16-20,22H2,1-4H3. The number of hydrogen-bond acceptors (Lipinski definition) is 6. The zero-order valence-electron chi connectivity index (χ0n) is 24.5. The molecule has 1 fully saturated rings. The first-order chi connectivity index (χ1) is 19.8. The summed E-state index contributed by atoms with van der Waals surface area (Å²) >= 11 is 0. The van der Waals surface area contributed by atoms with Crippen LogP contribution >= 0.6 is 0 Å². The fraction of sp³-hybridized carbons (Fsp3) is 0.469. The van der Waals surface area contributed by atoms with Crippen molar-refractivity contribution in [2.45, 2.75) is 51.2 Å². The van der Waals surface area contributed by atoms with E-state index in [1.54, 1.807) is 16.7 Å². The SMILES string of the molecule is COc1ccc(-c2cc(C(=O)N3CCOC4(CCCCc5ccccc5OCCN(C(C)C)C4=O)C3)nn2C)cc1. The van der Waals surface area contributed by atoms with Gasteiger partial charge in [-0.2, -0.15) is 5.10 Å². The maximum atomic E-state index is 14.2. The van der Waals surface area contributed by atoms with Crippen molar-refractivity contribution in [1.29, 1.82) is 0 Å². The summed E-state index contributed by atoms with van der Waals surface area (Å²) in [5, 5.41) is 4.55. The predicted molar refractivity (Wildman–Crippen MR) is 156 cm³/mol. The van der Waals surface area contributed by atoms with E-state index >= 15 is 0 Å². The molecule has 9 heteroatoms. The third-order valence-electron chi connectivity index (χ3n) is 8.07. The molecule has 1 unspecified atom stereocenters. The second-order valence-corrected chi connectivity index (χ2v) is 11.1. The molecule has 1 spiro atoms.